The van der Waals surface area contributed by atoms with E-state index in [4.69, 9.17) is 4.74 Å². The van der Waals surface area contributed by atoms with Crippen LogP contribution in [0.5, 0.6) is 11.5 Å². The molecule has 2 nitrogen and oxygen atoms in total. The summed E-state index contributed by atoms with van der Waals surface area (Å²) in [5.74, 6) is 1.83. The van der Waals surface area contributed by atoms with Gasteiger partial charge in [-0.05, 0) is 107 Å². The highest BCUT2D eigenvalue weighted by molar-refractivity contribution is 6.19. The van der Waals surface area contributed by atoms with Crippen molar-refractivity contribution in [3.05, 3.63) is 295 Å². The van der Waals surface area contributed by atoms with E-state index in [1.807, 2.05) is 0 Å². The van der Waals surface area contributed by atoms with Crippen molar-refractivity contribution in [3.63, 3.8) is 0 Å². The van der Waals surface area contributed by atoms with Crippen LogP contribution in [0.3, 0.4) is 0 Å². The summed E-state index contributed by atoms with van der Waals surface area (Å²) in [6.07, 6.45) is 0. The summed E-state index contributed by atoms with van der Waals surface area (Å²) in [5.41, 5.74) is 16.8. The minimum absolute atomic E-state index is 0.792. The van der Waals surface area contributed by atoms with Gasteiger partial charge in [0.2, 0.25) is 0 Å². The highest BCUT2D eigenvalue weighted by atomic mass is 16.5. The van der Waals surface area contributed by atoms with Crippen molar-refractivity contribution >= 4 is 60.2 Å². The molecular weight excluding hydrogens is 883 g/mol. The van der Waals surface area contributed by atoms with Crippen LogP contribution >= 0.6 is 0 Å². The van der Waals surface area contributed by atoms with E-state index in [1.54, 1.807) is 0 Å². The molecule has 73 heavy (non-hydrogen) atoms. The van der Waals surface area contributed by atoms with Gasteiger partial charge in [-0.3, -0.25) is 0 Å². The molecule has 0 aromatic heterocycles. The highest BCUT2D eigenvalue weighted by Crippen LogP contribution is 2.67. The monoisotopic (exact) mass is 927 g/mol. The van der Waals surface area contributed by atoms with E-state index < -0.39 is 5.41 Å². The zero-order valence-corrected chi connectivity index (χ0v) is 39.8. The fourth-order valence-electron chi connectivity index (χ4n) is 12.7. The number of hydrogen-bond donors (Lipinski definition) is 0. The maximum atomic E-state index is 7.68. The van der Waals surface area contributed by atoms with Crippen molar-refractivity contribution in [2.75, 3.05) is 4.90 Å². The lowest BCUT2D eigenvalue weighted by Gasteiger charge is -2.42. The molecule has 0 atom stereocenters. The van der Waals surface area contributed by atoms with Crippen LogP contribution in [0.1, 0.15) is 22.3 Å². The first-order valence-electron chi connectivity index (χ1n) is 25.3. The zero-order chi connectivity index (χ0) is 48.0. The van der Waals surface area contributed by atoms with Crippen LogP contribution in [0, 0.1) is 0 Å². The summed E-state index contributed by atoms with van der Waals surface area (Å²) in [6.45, 7) is 0. The zero-order valence-electron chi connectivity index (χ0n) is 39.8. The number of anilines is 3. The smallest absolute Gasteiger partial charge is 0.140 e. The van der Waals surface area contributed by atoms with E-state index in [0.717, 1.165) is 61.6 Å². The molecule has 2 aliphatic rings. The summed E-state index contributed by atoms with van der Waals surface area (Å²) in [4.78, 5) is 2.46. The topological polar surface area (TPSA) is 12.5 Å². The predicted octanol–water partition coefficient (Wildman–Crippen LogP) is 19.2. The Hall–Kier alpha value is -9.50. The molecule has 0 saturated heterocycles. The van der Waals surface area contributed by atoms with Crippen molar-refractivity contribution < 1.29 is 4.74 Å². The Morgan fingerprint density at radius 1 is 0.260 bits per heavy atom. The highest BCUT2D eigenvalue weighted by Gasteiger charge is 2.54. The maximum Gasteiger partial charge on any atom is 0.140 e. The normalized spacial score (nSPS) is 12.9. The van der Waals surface area contributed by atoms with Crippen LogP contribution in [-0.2, 0) is 5.41 Å². The Kier molecular flexibility index (Phi) is 9.21. The lowest BCUT2D eigenvalue weighted by molar-refractivity contribution is 0.451. The third-order valence-electron chi connectivity index (χ3n) is 15.7. The fraction of sp³-hybridized carbons (Fsp3) is 0.0141. The third-order valence-corrected chi connectivity index (χ3v) is 15.7. The number of rotatable bonds is 6. The van der Waals surface area contributed by atoms with Crippen LogP contribution in [0.25, 0.3) is 87.6 Å². The van der Waals surface area contributed by atoms with Crippen LogP contribution in [0.15, 0.2) is 273 Å². The minimum Gasteiger partial charge on any atom is -0.455 e. The second-order valence-corrected chi connectivity index (χ2v) is 19.4. The molecule has 0 N–H and O–H groups in total. The molecule has 0 fully saturated rings. The fourth-order valence-corrected chi connectivity index (χ4v) is 12.7. The quantitative estimate of drug-likeness (QED) is 0.154. The molecule has 0 amide bonds. The third kappa shape index (κ3) is 6.05. The summed E-state index contributed by atoms with van der Waals surface area (Å²) >= 11 is 0. The summed E-state index contributed by atoms with van der Waals surface area (Å²) < 4.78 is 7.68. The molecule has 0 bridgehead atoms. The van der Waals surface area contributed by atoms with E-state index in [0.29, 0.717) is 0 Å². The molecule has 1 spiro atoms. The summed E-state index contributed by atoms with van der Waals surface area (Å²) in [7, 11) is 0. The molecule has 1 aliphatic heterocycles. The Balaban J connectivity index is 1.05. The van der Waals surface area contributed by atoms with Crippen LogP contribution in [0.4, 0.5) is 17.1 Å². The van der Waals surface area contributed by atoms with Gasteiger partial charge >= 0.3 is 0 Å². The second-order valence-electron chi connectivity index (χ2n) is 19.4. The summed E-state index contributed by atoms with van der Waals surface area (Å²) in [5, 5.41) is 9.39. The average molecular weight is 928 g/mol. The number of fused-ring (bicyclic) bond motifs is 19. The largest absolute Gasteiger partial charge is 0.455 e. The molecule has 2 heteroatoms. The molecule has 15 rings (SSSR count). The van der Waals surface area contributed by atoms with Crippen molar-refractivity contribution in [2.24, 2.45) is 0 Å². The molecule has 13 aromatic rings. The first-order valence-corrected chi connectivity index (χ1v) is 25.3. The van der Waals surface area contributed by atoms with Crippen molar-refractivity contribution in [3.8, 4) is 56.0 Å². The number of nitrogens with zero attached hydrogens (tertiary/aromatic N) is 1. The molecule has 0 radical (unpaired) electrons. The molecule has 1 aliphatic carbocycles. The molecule has 0 saturated carbocycles. The summed E-state index contributed by atoms with van der Waals surface area (Å²) in [6, 6.07) is 100. The van der Waals surface area contributed by atoms with Crippen LogP contribution in [-0.4, -0.2) is 0 Å². The van der Waals surface area contributed by atoms with Gasteiger partial charge in [0.25, 0.3) is 0 Å². The van der Waals surface area contributed by atoms with E-state index in [1.165, 1.54) is 76.8 Å². The Morgan fingerprint density at radius 3 is 1.21 bits per heavy atom. The lowest BCUT2D eigenvalue weighted by Crippen LogP contribution is -2.33. The number of para-hydroxylation sites is 2. The van der Waals surface area contributed by atoms with E-state index in [2.05, 4.69) is 278 Å². The minimum atomic E-state index is -0.792. The lowest BCUT2D eigenvalue weighted by atomic mass is 9.62. The second kappa shape index (κ2) is 16.3. The Morgan fingerprint density at radius 2 is 0.644 bits per heavy atom. The van der Waals surface area contributed by atoms with Gasteiger partial charge in [-0.2, -0.15) is 0 Å². The van der Waals surface area contributed by atoms with E-state index >= 15 is 0 Å². The van der Waals surface area contributed by atoms with Crippen LogP contribution < -0.4 is 9.64 Å². The van der Waals surface area contributed by atoms with Gasteiger partial charge in [-0.25, -0.2) is 0 Å². The molecular formula is C71H45NO. The van der Waals surface area contributed by atoms with Gasteiger partial charge in [0.15, 0.2) is 0 Å². The Bertz CT molecular complexity index is 4220. The van der Waals surface area contributed by atoms with Gasteiger partial charge in [-0.1, -0.05) is 243 Å². The van der Waals surface area contributed by atoms with Crippen LogP contribution in [0.2, 0.25) is 0 Å². The Labute approximate surface area is 424 Å². The van der Waals surface area contributed by atoms with E-state index in [9.17, 15) is 0 Å². The average Bonchev–Trinajstić information content (AvgIpc) is 3.88. The van der Waals surface area contributed by atoms with Gasteiger partial charge in [0.05, 0.1) is 16.8 Å². The molecule has 13 aromatic carbocycles. The molecule has 340 valence electrons. The van der Waals surface area contributed by atoms with Gasteiger partial charge < -0.3 is 9.64 Å². The SMILES string of the molecule is c1ccc(-c2ccc(N(c3ccccc3-c3ccccc3)c3ccccc3-c3ccc4c(c3)C3(c5ccccc5-4)c4c(c5ccccc5c5ccccc45)Oc4c3c3ccccc3c3ccccc43)cc2)cc1. The standard InChI is InChI=1S/C71H45NO/c1-3-21-46(22-4-1)47-39-42-50(43-40-47)72(65-37-19-16-25-51(65)48-23-5-2-6-24-48)66-38-20-17-26-52(66)49-41-44-58-57-31-15-18-36-63(57)71(64(58)45-49)67-59-32-11-7-27-53(59)55-29-9-13-34-61(55)69(67)73-70-62-35-14-10-30-56(62)54-28-8-12-33-60(54)68(70)71/h1-45H. The van der Waals surface area contributed by atoms with Gasteiger partial charge in [0, 0.05) is 38.7 Å². The van der Waals surface area contributed by atoms with Crippen molar-refractivity contribution in [1.29, 1.82) is 0 Å². The first kappa shape index (κ1) is 41.3. The van der Waals surface area contributed by atoms with Crippen molar-refractivity contribution in [2.45, 2.75) is 5.41 Å². The number of benzene rings is 13. The maximum absolute atomic E-state index is 7.68. The first-order chi connectivity index (χ1) is 36.3. The van der Waals surface area contributed by atoms with Gasteiger partial charge in [-0.15, -0.1) is 0 Å². The van der Waals surface area contributed by atoms with Crippen molar-refractivity contribution in [1.82, 2.24) is 0 Å². The predicted molar refractivity (Wildman–Crippen MR) is 305 cm³/mol. The number of ether oxygens (including phenoxy) is 1. The van der Waals surface area contributed by atoms with Gasteiger partial charge in [0.1, 0.15) is 11.5 Å². The molecule has 0 unspecified atom stereocenters. The molecule has 1 heterocycles. The number of hydrogen-bond acceptors (Lipinski definition) is 2. The van der Waals surface area contributed by atoms with E-state index in [-0.39, 0.29) is 0 Å².